The van der Waals surface area contributed by atoms with Crippen LogP contribution in [0.15, 0.2) is 60.7 Å². The van der Waals surface area contributed by atoms with Crippen LogP contribution < -0.4 is 0 Å². The highest BCUT2D eigenvalue weighted by molar-refractivity contribution is 6.30. The second kappa shape index (κ2) is 11.2. The standard InChI is InChI=1S/C26H23ClF4N2O2/c27-18-9-7-17(8-10-18)24(35-16-19-20(28)3-1-4-21(19)29)15-32-11-13-33(14-12-32)26(34)25-22(30)5-2-6-23(25)31/h1-10,24H,11-16H2/t24-/m0/s1. The van der Waals surface area contributed by atoms with Crippen molar-refractivity contribution in [1.82, 2.24) is 9.80 Å². The first kappa shape index (κ1) is 25.2. The molecule has 1 heterocycles. The Kier molecular flexibility index (Phi) is 8.05. The monoisotopic (exact) mass is 506 g/mol. The van der Waals surface area contributed by atoms with Gasteiger partial charge in [0.2, 0.25) is 0 Å². The molecule has 1 aliphatic heterocycles. The molecule has 35 heavy (non-hydrogen) atoms. The van der Waals surface area contributed by atoms with Gasteiger partial charge in [0.25, 0.3) is 5.91 Å². The molecule has 9 heteroatoms. The van der Waals surface area contributed by atoms with E-state index in [-0.39, 0.29) is 25.3 Å². The number of halogens is 5. The molecule has 184 valence electrons. The van der Waals surface area contributed by atoms with E-state index in [0.717, 1.165) is 17.7 Å². The summed E-state index contributed by atoms with van der Waals surface area (Å²) in [4.78, 5) is 16.1. The van der Waals surface area contributed by atoms with Crippen molar-refractivity contribution in [1.29, 1.82) is 0 Å². The molecule has 3 aromatic carbocycles. The number of ether oxygens (including phenoxy) is 1. The van der Waals surface area contributed by atoms with E-state index in [1.807, 2.05) is 4.90 Å². The second-order valence-corrected chi connectivity index (χ2v) is 8.68. The highest BCUT2D eigenvalue weighted by Gasteiger charge is 2.28. The summed E-state index contributed by atoms with van der Waals surface area (Å²) in [6.45, 7) is 1.51. The Morgan fingerprint density at radius 1 is 0.829 bits per heavy atom. The number of rotatable bonds is 7. The molecule has 3 aromatic rings. The van der Waals surface area contributed by atoms with Crippen LogP contribution in [0.2, 0.25) is 5.02 Å². The van der Waals surface area contributed by atoms with Crippen molar-refractivity contribution in [2.24, 2.45) is 0 Å². The fraction of sp³-hybridized carbons (Fsp3) is 0.269. The molecule has 0 bridgehead atoms. The van der Waals surface area contributed by atoms with Gasteiger partial charge in [-0.25, -0.2) is 17.6 Å². The fourth-order valence-electron chi connectivity index (χ4n) is 4.01. The maximum atomic E-state index is 14.1. The highest BCUT2D eigenvalue weighted by atomic mass is 35.5. The molecule has 1 amide bonds. The maximum Gasteiger partial charge on any atom is 0.259 e. The predicted octanol–water partition coefficient (Wildman–Crippen LogP) is 5.61. The van der Waals surface area contributed by atoms with Gasteiger partial charge >= 0.3 is 0 Å². The zero-order chi connectivity index (χ0) is 24.9. The van der Waals surface area contributed by atoms with Crippen molar-refractivity contribution < 1.29 is 27.1 Å². The third kappa shape index (κ3) is 6.01. The van der Waals surface area contributed by atoms with E-state index >= 15 is 0 Å². The zero-order valence-corrected chi connectivity index (χ0v) is 19.5. The van der Waals surface area contributed by atoms with Gasteiger partial charge in [-0.15, -0.1) is 0 Å². The predicted molar refractivity (Wildman–Crippen MR) is 124 cm³/mol. The van der Waals surface area contributed by atoms with Crippen LogP contribution in [-0.2, 0) is 11.3 Å². The van der Waals surface area contributed by atoms with Crippen LogP contribution in [0.4, 0.5) is 17.6 Å². The Labute approximate surface area is 205 Å². The molecular formula is C26H23ClF4N2O2. The number of carbonyl (C=O) groups is 1. The third-order valence-corrected chi connectivity index (χ3v) is 6.24. The van der Waals surface area contributed by atoms with Crippen LogP contribution >= 0.6 is 11.6 Å². The smallest absolute Gasteiger partial charge is 0.259 e. The number of benzene rings is 3. The van der Waals surface area contributed by atoms with Gasteiger partial charge in [-0.2, -0.15) is 0 Å². The minimum Gasteiger partial charge on any atom is -0.367 e. The molecule has 0 radical (unpaired) electrons. The molecule has 1 atom stereocenters. The van der Waals surface area contributed by atoms with Crippen molar-refractivity contribution >= 4 is 17.5 Å². The molecule has 1 saturated heterocycles. The third-order valence-electron chi connectivity index (χ3n) is 5.99. The normalized spacial score (nSPS) is 15.3. The first-order valence-corrected chi connectivity index (χ1v) is 11.5. The molecule has 0 unspecified atom stereocenters. The lowest BCUT2D eigenvalue weighted by atomic mass is 10.1. The van der Waals surface area contributed by atoms with Gasteiger partial charge in [0.15, 0.2) is 0 Å². The molecule has 0 N–H and O–H groups in total. The largest absolute Gasteiger partial charge is 0.367 e. The number of carbonyl (C=O) groups excluding carboxylic acids is 1. The Bertz CT molecular complexity index is 1140. The van der Waals surface area contributed by atoms with Crippen LogP contribution in [0.1, 0.15) is 27.6 Å². The van der Waals surface area contributed by atoms with E-state index in [4.69, 9.17) is 16.3 Å². The average Bonchev–Trinajstić information content (AvgIpc) is 2.84. The lowest BCUT2D eigenvalue weighted by Crippen LogP contribution is -2.50. The van der Waals surface area contributed by atoms with Crippen LogP contribution in [0.5, 0.6) is 0 Å². The Balaban J connectivity index is 1.43. The van der Waals surface area contributed by atoms with Crippen molar-refractivity contribution in [3.8, 4) is 0 Å². The summed E-state index contributed by atoms with van der Waals surface area (Å²) in [6, 6.07) is 13.9. The van der Waals surface area contributed by atoms with Crippen LogP contribution in [-0.4, -0.2) is 48.4 Å². The molecule has 4 rings (SSSR count). The summed E-state index contributed by atoms with van der Waals surface area (Å²) in [6.07, 6.45) is -0.530. The SMILES string of the molecule is O=C(c1c(F)cccc1F)N1CCN(C[C@H](OCc2c(F)cccc2F)c2ccc(Cl)cc2)CC1. The van der Waals surface area contributed by atoms with Crippen LogP contribution in [0, 0.1) is 23.3 Å². The quantitative estimate of drug-likeness (QED) is 0.390. The summed E-state index contributed by atoms with van der Waals surface area (Å²) >= 11 is 6.00. The summed E-state index contributed by atoms with van der Waals surface area (Å²) in [7, 11) is 0. The minimum absolute atomic E-state index is 0.159. The number of hydrogen-bond donors (Lipinski definition) is 0. The van der Waals surface area contributed by atoms with Crippen molar-refractivity contribution in [3.63, 3.8) is 0 Å². The molecule has 0 aromatic heterocycles. The van der Waals surface area contributed by atoms with Gasteiger partial charge in [0.05, 0.1) is 12.7 Å². The molecule has 1 fully saturated rings. The minimum atomic E-state index is -0.894. The van der Waals surface area contributed by atoms with E-state index in [2.05, 4.69) is 0 Å². The summed E-state index contributed by atoms with van der Waals surface area (Å²) in [5.74, 6) is -3.86. The Hall–Kier alpha value is -2.94. The lowest BCUT2D eigenvalue weighted by molar-refractivity contribution is 0.00136. The zero-order valence-electron chi connectivity index (χ0n) is 18.7. The second-order valence-electron chi connectivity index (χ2n) is 8.24. The number of amides is 1. The fourth-order valence-corrected chi connectivity index (χ4v) is 4.14. The molecule has 0 aliphatic carbocycles. The van der Waals surface area contributed by atoms with Crippen LogP contribution in [0.3, 0.4) is 0 Å². The first-order valence-electron chi connectivity index (χ1n) is 11.1. The molecule has 0 spiro atoms. The highest BCUT2D eigenvalue weighted by Crippen LogP contribution is 2.25. The number of piperazine rings is 1. The van der Waals surface area contributed by atoms with Gasteiger partial charge in [0.1, 0.15) is 28.8 Å². The summed E-state index contributed by atoms with van der Waals surface area (Å²) in [5.41, 5.74) is 0.0575. The molecule has 1 aliphatic rings. The maximum absolute atomic E-state index is 14.1. The first-order chi connectivity index (χ1) is 16.8. The topological polar surface area (TPSA) is 32.8 Å². The van der Waals surface area contributed by atoms with Crippen molar-refractivity contribution in [3.05, 3.63) is 106 Å². The van der Waals surface area contributed by atoms with E-state index in [1.165, 1.54) is 29.2 Å². The van der Waals surface area contributed by atoms with Crippen molar-refractivity contribution in [2.75, 3.05) is 32.7 Å². The van der Waals surface area contributed by atoms with Gasteiger partial charge in [-0.1, -0.05) is 35.9 Å². The number of hydrogen-bond acceptors (Lipinski definition) is 3. The van der Waals surface area contributed by atoms with Gasteiger partial charge < -0.3 is 9.64 Å². The summed E-state index contributed by atoms with van der Waals surface area (Å²) < 4.78 is 62.2. The van der Waals surface area contributed by atoms with E-state index in [0.29, 0.717) is 24.7 Å². The van der Waals surface area contributed by atoms with E-state index in [1.54, 1.807) is 24.3 Å². The Morgan fingerprint density at radius 2 is 1.37 bits per heavy atom. The lowest BCUT2D eigenvalue weighted by Gasteiger charge is -2.36. The molecule has 0 saturated carbocycles. The molecule has 4 nitrogen and oxygen atoms in total. The van der Waals surface area contributed by atoms with E-state index < -0.39 is 40.8 Å². The van der Waals surface area contributed by atoms with Crippen molar-refractivity contribution in [2.45, 2.75) is 12.7 Å². The van der Waals surface area contributed by atoms with Gasteiger partial charge in [-0.05, 0) is 42.0 Å². The van der Waals surface area contributed by atoms with Crippen LogP contribution in [0.25, 0.3) is 0 Å². The Morgan fingerprint density at radius 3 is 1.94 bits per heavy atom. The van der Waals surface area contributed by atoms with Gasteiger partial charge in [-0.3, -0.25) is 9.69 Å². The summed E-state index contributed by atoms with van der Waals surface area (Å²) in [5, 5.41) is 0.542. The average molecular weight is 507 g/mol. The molecular weight excluding hydrogens is 484 g/mol. The van der Waals surface area contributed by atoms with Gasteiger partial charge in [0, 0.05) is 43.3 Å². The number of nitrogens with zero attached hydrogens (tertiary/aromatic N) is 2. The van der Waals surface area contributed by atoms with E-state index in [9.17, 15) is 22.4 Å².